The summed E-state index contributed by atoms with van der Waals surface area (Å²) in [5.74, 6) is 2.47. The van der Waals surface area contributed by atoms with Gasteiger partial charge in [0, 0.05) is 24.0 Å². The second kappa shape index (κ2) is 7.15. The number of anilines is 1. The minimum absolute atomic E-state index is 0.0976. The lowest BCUT2D eigenvalue weighted by Crippen LogP contribution is -2.27. The Hall–Kier alpha value is -2.18. The van der Waals surface area contributed by atoms with E-state index < -0.39 is 0 Å². The largest absolute Gasteiger partial charge is 0.497 e. The van der Waals surface area contributed by atoms with Crippen LogP contribution < -0.4 is 9.64 Å². The van der Waals surface area contributed by atoms with Gasteiger partial charge < -0.3 is 14.7 Å². The standard InChI is InChI=1S/C18H21N3O2S/c1-4-21(9-10-22)17-16-15(11-24-18(16)20-12(2)19-17)13-5-7-14(23-3)8-6-13/h5-8,11,22H,4,9-10H2,1-3H3. The number of aliphatic hydroxyl groups excluding tert-OH is 1. The van der Waals surface area contributed by atoms with Gasteiger partial charge in [-0.15, -0.1) is 11.3 Å². The fourth-order valence-electron chi connectivity index (χ4n) is 2.77. The van der Waals surface area contributed by atoms with E-state index in [0.717, 1.165) is 45.3 Å². The zero-order valence-electron chi connectivity index (χ0n) is 14.1. The van der Waals surface area contributed by atoms with Crippen LogP contribution in [0.4, 0.5) is 5.82 Å². The number of hydrogen-bond donors (Lipinski definition) is 1. The van der Waals surface area contributed by atoms with Crippen molar-refractivity contribution in [2.45, 2.75) is 13.8 Å². The summed E-state index contributed by atoms with van der Waals surface area (Å²) in [4.78, 5) is 12.3. The Balaban J connectivity index is 2.18. The maximum absolute atomic E-state index is 9.37. The molecule has 3 rings (SSSR count). The van der Waals surface area contributed by atoms with Crippen LogP contribution in [0.15, 0.2) is 29.6 Å². The molecule has 1 N–H and O–H groups in total. The number of methoxy groups -OCH3 is 1. The molecule has 6 heteroatoms. The van der Waals surface area contributed by atoms with Crippen molar-refractivity contribution in [3.05, 3.63) is 35.5 Å². The summed E-state index contributed by atoms with van der Waals surface area (Å²) in [6.07, 6.45) is 0. The number of fused-ring (bicyclic) bond motifs is 1. The number of rotatable bonds is 6. The van der Waals surface area contributed by atoms with Gasteiger partial charge in [-0.25, -0.2) is 9.97 Å². The fourth-order valence-corrected chi connectivity index (χ4v) is 3.76. The van der Waals surface area contributed by atoms with Crippen LogP contribution in [0.3, 0.4) is 0 Å². The number of aryl methyl sites for hydroxylation is 1. The highest BCUT2D eigenvalue weighted by molar-refractivity contribution is 7.17. The molecule has 0 fully saturated rings. The van der Waals surface area contributed by atoms with E-state index in [0.29, 0.717) is 6.54 Å². The number of thiophene rings is 1. The Morgan fingerprint density at radius 1 is 1.21 bits per heavy atom. The van der Waals surface area contributed by atoms with Crippen molar-refractivity contribution in [3.8, 4) is 16.9 Å². The van der Waals surface area contributed by atoms with E-state index in [1.165, 1.54) is 0 Å². The van der Waals surface area contributed by atoms with Gasteiger partial charge in [0.2, 0.25) is 0 Å². The maximum atomic E-state index is 9.37. The van der Waals surface area contributed by atoms with Crippen LogP contribution in [0.1, 0.15) is 12.7 Å². The number of hydrogen-bond acceptors (Lipinski definition) is 6. The van der Waals surface area contributed by atoms with Gasteiger partial charge in [0.25, 0.3) is 0 Å². The van der Waals surface area contributed by atoms with E-state index in [1.807, 2.05) is 31.2 Å². The molecule has 0 aliphatic heterocycles. The molecule has 5 nitrogen and oxygen atoms in total. The zero-order chi connectivity index (χ0) is 17.1. The summed E-state index contributed by atoms with van der Waals surface area (Å²) in [7, 11) is 1.66. The summed E-state index contributed by atoms with van der Waals surface area (Å²) >= 11 is 1.62. The molecule has 0 atom stereocenters. The molecule has 0 aliphatic carbocycles. The summed E-state index contributed by atoms with van der Waals surface area (Å²) in [5, 5.41) is 12.5. The van der Waals surface area contributed by atoms with Gasteiger partial charge in [-0.3, -0.25) is 0 Å². The predicted molar refractivity (Wildman–Crippen MR) is 99.1 cm³/mol. The third-order valence-corrected chi connectivity index (χ3v) is 4.85. The molecule has 3 aromatic rings. The molecule has 0 amide bonds. The zero-order valence-corrected chi connectivity index (χ0v) is 14.9. The van der Waals surface area contributed by atoms with Gasteiger partial charge in [0.15, 0.2) is 0 Å². The summed E-state index contributed by atoms with van der Waals surface area (Å²) < 4.78 is 5.24. The lowest BCUT2D eigenvalue weighted by molar-refractivity contribution is 0.302. The average molecular weight is 343 g/mol. The third kappa shape index (κ3) is 3.07. The molecule has 0 spiro atoms. The van der Waals surface area contributed by atoms with Crippen LogP contribution in [-0.4, -0.2) is 41.9 Å². The van der Waals surface area contributed by atoms with Gasteiger partial charge in [0.1, 0.15) is 22.2 Å². The van der Waals surface area contributed by atoms with Gasteiger partial charge in [0.05, 0.1) is 19.1 Å². The predicted octanol–water partition coefficient (Wildman–Crippen LogP) is 3.49. The second-order valence-electron chi connectivity index (χ2n) is 5.46. The van der Waals surface area contributed by atoms with Gasteiger partial charge in [-0.05, 0) is 31.5 Å². The highest BCUT2D eigenvalue weighted by Gasteiger charge is 2.18. The van der Waals surface area contributed by atoms with Gasteiger partial charge in [-0.1, -0.05) is 12.1 Å². The molecule has 0 bridgehead atoms. The van der Waals surface area contributed by atoms with Gasteiger partial charge >= 0.3 is 0 Å². The van der Waals surface area contributed by atoms with E-state index in [2.05, 4.69) is 27.2 Å². The number of ether oxygens (including phenoxy) is 1. The third-order valence-electron chi connectivity index (χ3n) is 3.98. The average Bonchev–Trinajstić information content (AvgIpc) is 3.02. The minimum Gasteiger partial charge on any atom is -0.497 e. The maximum Gasteiger partial charge on any atom is 0.141 e. The molecule has 126 valence electrons. The molecule has 0 saturated heterocycles. The number of aliphatic hydroxyl groups is 1. The van der Waals surface area contributed by atoms with E-state index in [9.17, 15) is 5.11 Å². The molecule has 2 aromatic heterocycles. The molecular formula is C18H21N3O2S. The number of likely N-dealkylation sites (N-methyl/N-ethyl adjacent to an activating group) is 1. The van der Waals surface area contributed by atoms with Crippen molar-refractivity contribution in [1.29, 1.82) is 0 Å². The van der Waals surface area contributed by atoms with E-state index in [-0.39, 0.29) is 6.61 Å². The first-order valence-corrected chi connectivity index (χ1v) is 8.82. The Bertz CT molecular complexity index is 830. The Morgan fingerprint density at radius 2 is 1.96 bits per heavy atom. The number of aromatic nitrogens is 2. The molecule has 0 radical (unpaired) electrons. The van der Waals surface area contributed by atoms with E-state index in [1.54, 1.807) is 18.4 Å². The number of benzene rings is 1. The highest BCUT2D eigenvalue weighted by Crippen LogP contribution is 2.38. The van der Waals surface area contributed by atoms with Crippen molar-refractivity contribution in [1.82, 2.24) is 9.97 Å². The van der Waals surface area contributed by atoms with Crippen molar-refractivity contribution in [2.75, 3.05) is 31.7 Å². The Kier molecular flexibility index (Phi) is 4.97. The lowest BCUT2D eigenvalue weighted by atomic mass is 10.1. The molecule has 1 aromatic carbocycles. The lowest BCUT2D eigenvalue weighted by Gasteiger charge is -2.22. The van der Waals surface area contributed by atoms with E-state index in [4.69, 9.17) is 4.74 Å². The van der Waals surface area contributed by atoms with Crippen molar-refractivity contribution in [2.24, 2.45) is 0 Å². The van der Waals surface area contributed by atoms with Gasteiger partial charge in [-0.2, -0.15) is 0 Å². The second-order valence-corrected chi connectivity index (χ2v) is 6.31. The van der Waals surface area contributed by atoms with Crippen LogP contribution in [0.25, 0.3) is 21.3 Å². The monoisotopic (exact) mass is 343 g/mol. The number of nitrogens with zero attached hydrogens (tertiary/aromatic N) is 3. The van der Waals surface area contributed by atoms with Crippen molar-refractivity contribution >= 4 is 27.4 Å². The highest BCUT2D eigenvalue weighted by atomic mass is 32.1. The summed E-state index contributed by atoms with van der Waals surface area (Å²) in [6, 6.07) is 8.01. The molecule has 0 unspecified atom stereocenters. The smallest absolute Gasteiger partial charge is 0.141 e. The van der Waals surface area contributed by atoms with Crippen LogP contribution in [0.5, 0.6) is 5.75 Å². The molecule has 24 heavy (non-hydrogen) atoms. The van der Waals surface area contributed by atoms with E-state index >= 15 is 0 Å². The van der Waals surface area contributed by atoms with Crippen molar-refractivity contribution < 1.29 is 9.84 Å². The van der Waals surface area contributed by atoms with Crippen LogP contribution >= 0.6 is 11.3 Å². The molecule has 2 heterocycles. The normalized spacial score (nSPS) is 11.0. The van der Waals surface area contributed by atoms with Crippen molar-refractivity contribution in [3.63, 3.8) is 0 Å². The molecule has 0 saturated carbocycles. The molecular weight excluding hydrogens is 322 g/mol. The van der Waals surface area contributed by atoms with Crippen LogP contribution in [0, 0.1) is 6.92 Å². The first-order valence-electron chi connectivity index (χ1n) is 7.94. The summed E-state index contributed by atoms with van der Waals surface area (Å²) in [5.41, 5.74) is 2.22. The topological polar surface area (TPSA) is 58.5 Å². The Morgan fingerprint density at radius 3 is 2.58 bits per heavy atom. The quantitative estimate of drug-likeness (QED) is 0.742. The SMILES string of the molecule is CCN(CCO)c1nc(C)nc2scc(-c3ccc(OC)cc3)c12. The first kappa shape index (κ1) is 16.7. The minimum atomic E-state index is 0.0976. The Labute approximate surface area is 145 Å². The molecule has 0 aliphatic rings. The van der Waals surface area contributed by atoms with Crippen LogP contribution in [-0.2, 0) is 0 Å². The fraction of sp³-hybridized carbons (Fsp3) is 0.333. The summed E-state index contributed by atoms with van der Waals surface area (Å²) in [6.45, 7) is 5.41. The first-order chi connectivity index (χ1) is 11.7. The van der Waals surface area contributed by atoms with Crippen LogP contribution in [0.2, 0.25) is 0 Å².